The molecule has 116 valence electrons. The monoisotopic (exact) mass is 329 g/mol. The minimum Gasteiger partial charge on any atom is -0.385 e. The van der Waals surface area contributed by atoms with Gasteiger partial charge in [0.15, 0.2) is 11.0 Å². The summed E-state index contributed by atoms with van der Waals surface area (Å²) < 4.78 is 0. The summed E-state index contributed by atoms with van der Waals surface area (Å²) in [5, 5.41) is 9.15. The number of anilines is 2. The summed E-state index contributed by atoms with van der Waals surface area (Å²) >= 11 is 1.16. The number of para-hydroxylation sites is 1. The average molecular weight is 329 g/mol. The van der Waals surface area contributed by atoms with Gasteiger partial charge in [0.1, 0.15) is 5.84 Å². The SMILES string of the molecule is NC1=NN(c2ccccc2)C(=O)[C@H]1C(=O)C(=O)Nc1nccs1. The highest BCUT2D eigenvalue weighted by Gasteiger charge is 2.43. The molecule has 0 saturated carbocycles. The highest BCUT2D eigenvalue weighted by atomic mass is 32.1. The molecule has 2 amide bonds. The van der Waals surface area contributed by atoms with Crippen LogP contribution in [0.5, 0.6) is 0 Å². The first kappa shape index (κ1) is 14.9. The Morgan fingerprint density at radius 1 is 1.26 bits per heavy atom. The van der Waals surface area contributed by atoms with E-state index in [0.29, 0.717) is 5.69 Å². The van der Waals surface area contributed by atoms with Crippen molar-refractivity contribution in [2.75, 3.05) is 10.3 Å². The fourth-order valence-corrected chi connectivity index (χ4v) is 2.57. The van der Waals surface area contributed by atoms with E-state index in [9.17, 15) is 14.4 Å². The molecule has 3 N–H and O–H groups in total. The predicted octanol–water partition coefficient (Wildman–Crippen LogP) is 0.586. The van der Waals surface area contributed by atoms with Crippen molar-refractivity contribution in [3.63, 3.8) is 0 Å². The van der Waals surface area contributed by atoms with E-state index >= 15 is 0 Å². The molecule has 1 aliphatic heterocycles. The second kappa shape index (κ2) is 5.97. The van der Waals surface area contributed by atoms with Gasteiger partial charge in [0, 0.05) is 11.6 Å². The van der Waals surface area contributed by atoms with E-state index in [2.05, 4.69) is 15.4 Å². The zero-order valence-corrected chi connectivity index (χ0v) is 12.5. The maximum atomic E-state index is 12.4. The Morgan fingerprint density at radius 3 is 2.65 bits per heavy atom. The van der Waals surface area contributed by atoms with Gasteiger partial charge in [-0.3, -0.25) is 19.7 Å². The second-order valence-corrected chi connectivity index (χ2v) is 5.49. The Hall–Kier alpha value is -3.07. The number of carbonyl (C=O) groups excluding carboxylic acids is 3. The maximum absolute atomic E-state index is 12.4. The van der Waals surface area contributed by atoms with Gasteiger partial charge in [0.25, 0.3) is 11.8 Å². The molecular weight excluding hydrogens is 318 g/mol. The van der Waals surface area contributed by atoms with Gasteiger partial charge in [-0.15, -0.1) is 11.3 Å². The summed E-state index contributed by atoms with van der Waals surface area (Å²) in [6, 6.07) is 8.52. The van der Waals surface area contributed by atoms with Gasteiger partial charge in [0.2, 0.25) is 5.78 Å². The minimum atomic E-state index is -1.42. The van der Waals surface area contributed by atoms with Gasteiger partial charge in [-0.25, -0.2) is 4.98 Å². The van der Waals surface area contributed by atoms with Crippen LogP contribution in [0.4, 0.5) is 10.8 Å². The zero-order chi connectivity index (χ0) is 16.4. The fourth-order valence-electron chi connectivity index (χ4n) is 2.05. The van der Waals surface area contributed by atoms with Crippen molar-refractivity contribution in [1.82, 2.24) is 4.98 Å². The highest BCUT2D eigenvalue weighted by Crippen LogP contribution is 2.23. The van der Waals surface area contributed by atoms with E-state index in [-0.39, 0.29) is 11.0 Å². The van der Waals surface area contributed by atoms with E-state index in [1.54, 1.807) is 35.7 Å². The molecule has 1 aromatic carbocycles. The van der Waals surface area contributed by atoms with Crippen LogP contribution in [0.25, 0.3) is 0 Å². The molecule has 2 aromatic rings. The number of nitrogens with zero attached hydrogens (tertiary/aromatic N) is 3. The Labute approximate surface area is 134 Å². The maximum Gasteiger partial charge on any atom is 0.294 e. The first-order valence-corrected chi connectivity index (χ1v) is 7.43. The third-order valence-electron chi connectivity index (χ3n) is 3.11. The first-order chi connectivity index (χ1) is 11.1. The first-order valence-electron chi connectivity index (χ1n) is 6.55. The number of nitrogens with two attached hydrogens (primary N) is 1. The Morgan fingerprint density at radius 2 is 2.00 bits per heavy atom. The van der Waals surface area contributed by atoms with Crippen molar-refractivity contribution >= 4 is 45.6 Å². The van der Waals surface area contributed by atoms with E-state index < -0.39 is 23.5 Å². The van der Waals surface area contributed by atoms with Crippen molar-refractivity contribution in [2.24, 2.45) is 16.8 Å². The molecule has 3 rings (SSSR count). The molecule has 23 heavy (non-hydrogen) atoms. The van der Waals surface area contributed by atoms with Crippen molar-refractivity contribution < 1.29 is 14.4 Å². The Kier molecular flexibility index (Phi) is 3.85. The number of ketones is 1. The standard InChI is InChI=1S/C14H11N5O3S/c15-11-9(10(20)12(21)17-14-16-6-7-23-14)13(22)19(18-11)8-4-2-1-3-5-8/h1-7,9H,(H2,15,18)(H,16,17,21)/t9-/m0/s1. The van der Waals surface area contributed by atoms with Crippen molar-refractivity contribution in [2.45, 2.75) is 0 Å². The number of Topliss-reactive ketones (excluding diaryl/α,β-unsaturated/α-hetero) is 1. The predicted molar refractivity (Wildman–Crippen MR) is 84.8 cm³/mol. The molecule has 0 saturated heterocycles. The number of nitrogens with one attached hydrogen (secondary N) is 1. The number of benzene rings is 1. The molecule has 2 heterocycles. The highest BCUT2D eigenvalue weighted by molar-refractivity contribution is 7.13. The van der Waals surface area contributed by atoms with Crippen LogP contribution in [-0.2, 0) is 14.4 Å². The lowest BCUT2D eigenvalue weighted by Crippen LogP contribution is -2.41. The van der Waals surface area contributed by atoms with Crippen molar-refractivity contribution in [3.8, 4) is 0 Å². The topological polar surface area (TPSA) is 118 Å². The summed E-state index contributed by atoms with van der Waals surface area (Å²) in [5.74, 6) is -4.21. The molecule has 0 spiro atoms. The van der Waals surface area contributed by atoms with Crippen LogP contribution in [0.2, 0.25) is 0 Å². The van der Waals surface area contributed by atoms with Crippen LogP contribution in [0.15, 0.2) is 47.0 Å². The van der Waals surface area contributed by atoms with Gasteiger partial charge >= 0.3 is 0 Å². The van der Waals surface area contributed by atoms with Gasteiger partial charge in [-0.2, -0.15) is 10.1 Å². The Bertz CT molecular complexity index is 788. The molecule has 0 aliphatic carbocycles. The fraction of sp³-hybridized carbons (Fsp3) is 0.0714. The smallest absolute Gasteiger partial charge is 0.294 e. The number of aromatic nitrogens is 1. The summed E-state index contributed by atoms with van der Waals surface area (Å²) in [6.07, 6.45) is 1.48. The minimum absolute atomic E-state index is 0.210. The molecule has 0 radical (unpaired) electrons. The lowest BCUT2D eigenvalue weighted by molar-refractivity contribution is -0.138. The number of rotatable bonds is 4. The molecule has 8 nitrogen and oxygen atoms in total. The van der Waals surface area contributed by atoms with Gasteiger partial charge in [0.05, 0.1) is 5.69 Å². The van der Waals surface area contributed by atoms with Crippen LogP contribution in [0.3, 0.4) is 0 Å². The van der Waals surface area contributed by atoms with E-state index in [4.69, 9.17) is 5.73 Å². The van der Waals surface area contributed by atoms with Crippen molar-refractivity contribution in [3.05, 3.63) is 41.9 Å². The van der Waals surface area contributed by atoms with Crippen LogP contribution in [0, 0.1) is 5.92 Å². The molecule has 1 atom stereocenters. The van der Waals surface area contributed by atoms with Gasteiger partial charge < -0.3 is 5.73 Å². The van der Waals surface area contributed by atoms with Crippen molar-refractivity contribution in [1.29, 1.82) is 0 Å². The van der Waals surface area contributed by atoms with Crippen LogP contribution >= 0.6 is 11.3 Å². The van der Waals surface area contributed by atoms with Crippen LogP contribution < -0.4 is 16.1 Å². The number of hydrogen-bond donors (Lipinski definition) is 2. The van der Waals surface area contributed by atoms with E-state index in [0.717, 1.165) is 16.3 Å². The molecule has 0 bridgehead atoms. The van der Waals surface area contributed by atoms with Gasteiger partial charge in [-0.1, -0.05) is 18.2 Å². The molecular formula is C14H11N5O3S. The number of carbonyl (C=O) groups is 3. The van der Waals surface area contributed by atoms with E-state index in [1.807, 2.05) is 0 Å². The third kappa shape index (κ3) is 2.81. The third-order valence-corrected chi connectivity index (χ3v) is 3.79. The number of hydrogen-bond acceptors (Lipinski definition) is 7. The lowest BCUT2D eigenvalue weighted by atomic mass is 10.0. The number of amides is 2. The molecule has 9 heteroatoms. The molecule has 1 aliphatic rings. The zero-order valence-electron chi connectivity index (χ0n) is 11.7. The van der Waals surface area contributed by atoms with Crippen LogP contribution in [-0.4, -0.2) is 28.4 Å². The van der Waals surface area contributed by atoms with E-state index in [1.165, 1.54) is 6.20 Å². The number of thiazole rings is 1. The number of amidine groups is 1. The quantitative estimate of drug-likeness (QED) is 0.628. The summed E-state index contributed by atoms with van der Waals surface area (Å²) in [4.78, 5) is 40.4. The lowest BCUT2D eigenvalue weighted by Gasteiger charge is -2.12. The largest absolute Gasteiger partial charge is 0.385 e. The average Bonchev–Trinajstić information content (AvgIpc) is 3.15. The molecule has 0 fully saturated rings. The summed E-state index contributed by atoms with van der Waals surface area (Å²) in [7, 11) is 0. The summed E-state index contributed by atoms with van der Waals surface area (Å²) in [6.45, 7) is 0. The number of hydrazone groups is 1. The van der Waals surface area contributed by atoms with Crippen LogP contribution in [0.1, 0.15) is 0 Å². The molecule has 1 aromatic heterocycles. The van der Waals surface area contributed by atoms with Gasteiger partial charge in [-0.05, 0) is 12.1 Å². The second-order valence-electron chi connectivity index (χ2n) is 4.60. The Balaban J connectivity index is 1.78. The summed E-state index contributed by atoms with van der Waals surface area (Å²) in [5.41, 5.74) is 6.15. The molecule has 0 unspecified atom stereocenters. The normalized spacial score (nSPS) is 17.0.